The Bertz CT molecular complexity index is 2980. The molecule has 0 radical (unpaired) electrons. The SMILES string of the molecule is CC(C)[C@H](NC(=O)[C@H](CCCCN)NC(=O)[C@@H](Cc1c[nH]c2ccccc12)NC(=O)[C@H](Cc1ccc(O)cc1)NC(=O)[C@@H](CS)NC(=O)[C@@H](N)Cc1ccc([N+](=O)[O-])cc1)C(=O)N[C@@H](CS)C(=O)N[C@@H](Cc1ccc(O)cc1)C(N)=O. The number of carbonyl (C=O) groups is 8. The zero-order valence-electron chi connectivity index (χ0n) is 44.6. The number of rotatable bonds is 31. The number of nitrogens with one attached hydrogen (secondary N) is 8. The summed E-state index contributed by atoms with van der Waals surface area (Å²) in [6, 6.07) is 13.9. The van der Waals surface area contributed by atoms with Crippen molar-refractivity contribution in [1.29, 1.82) is 0 Å². The first kappa shape index (κ1) is 63.6. The number of non-ortho nitro benzene ring substituents is 1. The van der Waals surface area contributed by atoms with Crippen LogP contribution in [0.15, 0.2) is 103 Å². The molecule has 0 bridgehead atoms. The topological polar surface area (TPSA) is 398 Å². The van der Waals surface area contributed by atoms with Gasteiger partial charge in [-0.3, -0.25) is 48.5 Å². The second kappa shape index (κ2) is 31.0. The van der Waals surface area contributed by atoms with Crippen LogP contribution in [0, 0.1) is 16.0 Å². The third-order valence-corrected chi connectivity index (χ3v) is 13.9. The predicted molar refractivity (Wildman–Crippen MR) is 309 cm³/mol. The number of carbonyl (C=O) groups excluding carboxylic acids is 8. The second-order valence-electron chi connectivity index (χ2n) is 19.7. The van der Waals surface area contributed by atoms with E-state index in [1.807, 2.05) is 18.2 Å². The summed E-state index contributed by atoms with van der Waals surface area (Å²) in [7, 11) is 0. The quantitative estimate of drug-likeness (QED) is 0.0125. The number of fused-ring (bicyclic) bond motifs is 1. The molecule has 5 aromatic rings. The van der Waals surface area contributed by atoms with Crippen molar-refractivity contribution in [2.24, 2.45) is 23.1 Å². The number of unbranched alkanes of at least 4 members (excludes halogenated alkanes) is 1. The molecule has 0 fully saturated rings. The summed E-state index contributed by atoms with van der Waals surface area (Å²) in [4.78, 5) is 125. The van der Waals surface area contributed by atoms with Gasteiger partial charge in [0.05, 0.1) is 11.0 Å². The number of nitrogens with zero attached hydrogens (tertiary/aromatic N) is 1. The average Bonchev–Trinajstić information content (AvgIpc) is 3.97. The van der Waals surface area contributed by atoms with Crippen LogP contribution in [0.3, 0.4) is 0 Å². The van der Waals surface area contributed by atoms with Gasteiger partial charge in [-0.25, -0.2) is 0 Å². The minimum atomic E-state index is -1.44. The first-order chi connectivity index (χ1) is 38.6. The van der Waals surface area contributed by atoms with Gasteiger partial charge < -0.3 is 69.6 Å². The van der Waals surface area contributed by atoms with Gasteiger partial charge in [0, 0.05) is 60.0 Å². The van der Waals surface area contributed by atoms with Gasteiger partial charge in [-0.05, 0) is 90.7 Å². The van der Waals surface area contributed by atoms with Gasteiger partial charge in [-0.15, -0.1) is 0 Å². The van der Waals surface area contributed by atoms with E-state index < -0.39 is 106 Å². The fraction of sp³-hybridized carbons (Fsp3) is 0.382. The highest BCUT2D eigenvalue weighted by Crippen LogP contribution is 2.21. The number of hydrogen-bond donors (Lipinski definition) is 15. The van der Waals surface area contributed by atoms with Crippen molar-refractivity contribution < 1.29 is 53.5 Å². The summed E-state index contributed by atoms with van der Waals surface area (Å²) in [6.07, 6.45) is 2.09. The molecule has 1 heterocycles. The predicted octanol–water partition coefficient (Wildman–Crippen LogP) is 0.609. The van der Waals surface area contributed by atoms with Gasteiger partial charge in [0.25, 0.3) is 5.69 Å². The Hall–Kier alpha value is -8.20. The molecule has 0 unspecified atom stereocenters. The number of nitrogens with two attached hydrogens (primary N) is 3. The van der Waals surface area contributed by atoms with Crippen LogP contribution in [0.4, 0.5) is 5.69 Å². The van der Waals surface area contributed by atoms with E-state index in [4.69, 9.17) is 17.2 Å². The van der Waals surface area contributed by atoms with Crippen LogP contribution in [0.5, 0.6) is 11.5 Å². The van der Waals surface area contributed by atoms with Crippen molar-refractivity contribution in [2.75, 3.05) is 18.1 Å². The van der Waals surface area contributed by atoms with Crippen LogP contribution in [0.25, 0.3) is 10.9 Å². The second-order valence-corrected chi connectivity index (χ2v) is 20.4. The Labute approximate surface area is 478 Å². The Kier molecular flexibility index (Phi) is 24.3. The number of para-hydroxylation sites is 1. The highest BCUT2D eigenvalue weighted by Gasteiger charge is 2.35. The first-order valence-electron chi connectivity index (χ1n) is 26.0. The van der Waals surface area contributed by atoms with Crippen molar-refractivity contribution in [1.82, 2.24) is 42.2 Å². The van der Waals surface area contributed by atoms with E-state index in [0.717, 1.165) is 10.9 Å². The Balaban J connectivity index is 1.37. The number of primary amides is 1. The Morgan fingerprint density at radius 3 is 1.53 bits per heavy atom. The zero-order valence-corrected chi connectivity index (χ0v) is 46.4. The molecule has 81 heavy (non-hydrogen) atoms. The maximum Gasteiger partial charge on any atom is 0.269 e. The summed E-state index contributed by atoms with van der Waals surface area (Å²) in [5.41, 5.74) is 20.4. The number of aromatic nitrogens is 1. The Morgan fingerprint density at radius 2 is 1.01 bits per heavy atom. The lowest BCUT2D eigenvalue weighted by molar-refractivity contribution is -0.384. The van der Waals surface area contributed by atoms with Crippen LogP contribution >= 0.6 is 25.3 Å². The third kappa shape index (κ3) is 19.3. The minimum absolute atomic E-state index is 0.00553. The van der Waals surface area contributed by atoms with Gasteiger partial charge in [0.15, 0.2) is 0 Å². The fourth-order valence-electron chi connectivity index (χ4n) is 8.57. The molecule has 16 N–H and O–H groups in total. The number of aromatic amines is 1. The number of thiol groups is 2. The summed E-state index contributed by atoms with van der Waals surface area (Å²) in [6.45, 7) is 3.54. The molecule has 8 amide bonds. The molecule has 26 heteroatoms. The van der Waals surface area contributed by atoms with E-state index in [-0.39, 0.29) is 67.3 Å². The lowest BCUT2D eigenvalue weighted by Crippen LogP contribution is -2.61. The first-order valence-corrected chi connectivity index (χ1v) is 27.3. The minimum Gasteiger partial charge on any atom is -0.508 e. The lowest BCUT2D eigenvalue weighted by atomic mass is 10.00. The third-order valence-electron chi connectivity index (χ3n) is 13.2. The maximum absolute atomic E-state index is 14.8. The largest absolute Gasteiger partial charge is 0.508 e. The van der Waals surface area contributed by atoms with Crippen LogP contribution in [0.2, 0.25) is 0 Å². The normalized spacial score (nSPS) is 14.2. The summed E-state index contributed by atoms with van der Waals surface area (Å²) >= 11 is 8.55. The highest BCUT2D eigenvalue weighted by molar-refractivity contribution is 7.80. The smallest absolute Gasteiger partial charge is 0.269 e. The molecule has 0 aliphatic carbocycles. The number of hydrogen-bond acceptors (Lipinski definition) is 16. The molecule has 1 aromatic heterocycles. The zero-order chi connectivity index (χ0) is 59.3. The molecular weight excluding hydrogens is 1080 g/mol. The molecule has 8 atom stereocenters. The monoisotopic (exact) mass is 1150 g/mol. The number of amides is 8. The molecule has 0 saturated carbocycles. The van der Waals surface area contributed by atoms with Gasteiger partial charge in [-0.2, -0.15) is 25.3 Å². The van der Waals surface area contributed by atoms with E-state index in [2.05, 4.69) is 67.5 Å². The van der Waals surface area contributed by atoms with E-state index in [1.54, 1.807) is 38.2 Å². The van der Waals surface area contributed by atoms with Crippen LogP contribution < -0.4 is 54.4 Å². The molecule has 24 nitrogen and oxygen atoms in total. The van der Waals surface area contributed by atoms with Crippen molar-refractivity contribution in [3.63, 3.8) is 0 Å². The maximum atomic E-state index is 14.8. The van der Waals surface area contributed by atoms with Crippen molar-refractivity contribution in [3.05, 3.63) is 136 Å². The number of phenols is 2. The molecule has 4 aromatic carbocycles. The summed E-state index contributed by atoms with van der Waals surface area (Å²) in [5.74, 6) is -7.66. The van der Waals surface area contributed by atoms with Crippen LogP contribution in [0.1, 0.15) is 55.4 Å². The van der Waals surface area contributed by atoms with Crippen LogP contribution in [-0.4, -0.2) is 134 Å². The average molecular weight is 1160 g/mol. The number of aromatic hydroxyl groups is 2. The number of H-pyrrole nitrogens is 1. The van der Waals surface area contributed by atoms with E-state index >= 15 is 0 Å². The molecule has 0 aliphatic rings. The van der Waals surface area contributed by atoms with Gasteiger partial charge in [0.1, 0.15) is 53.8 Å². The summed E-state index contributed by atoms with van der Waals surface area (Å²) < 4.78 is 0. The van der Waals surface area contributed by atoms with E-state index in [0.29, 0.717) is 35.1 Å². The summed E-state index contributed by atoms with van der Waals surface area (Å²) in [5, 5.41) is 50.2. The standard InChI is InChI=1S/C55H70N12O12S2/c1-30(2)47(55(77)65-46(29-81)53(75)61-42(48(58)70)24-32-12-18-36(68)19-13-32)66-50(72)41(9-5-6-22-56)60-52(74)44(26-34-27-59-40-8-4-3-7-38(34)40)63-51(73)43(25-33-14-20-37(69)21-15-33)62-54(76)45(28-80)64-49(71)39(57)23-31-10-16-35(17-11-31)67(78)79/h3-4,7-8,10-21,27,30,39,41-47,59,68-69,80-81H,5-6,9,22-26,28-29,56-57H2,1-2H3,(H2,58,70)(H,60,74)(H,61,75)(H,62,76)(H,63,73)(H,64,71)(H,65,77)(H,66,72)/t39-,41-,42-,43-,44+,45+,46-,47-/m0/s1. The Morgan fingerprint density at radius 1 is 0.568 bits per heavy atom. The number of nitro groups is 1. The number of benzene rings is 4. The van der Waals surface area contributed by atoms with Gasteiger partial charge in [-0.1, -0.05) is 68.4 Å². The molecular formula is C55H70N12O12S2. The van der Waals surface area contributed by atoms with Crippen LogP contribution in [-0.2, 0) is 64.0 Å². The number of phenolic OH excluding ortho intramolecular Hbond substituents is 2. The lowest BCUT2D eigenvalue weighted by Gasteiger charge is -2.29. The number of nitro benzene ring substituents is 1. The van der Waals surface area contributed by atoms with Gasteiger partial charge in [0.2, 0.25) is 47.3 Å². The molecule has 0 aliphatic heterocycles. The fourth-order valence-corrected chi connectivity index (χ4v) is 9.08. The molecule has 434 valence electrons. The molecule has 0 spiro atoms. The van der Waals surface area contributed by atoms with Crippen molar-refractivity contribution in [3.8, 4) is 11.5 Å². The van der Waals surface area contributed by atoms with Crippen molar-refractivity contribution >= 4 is 89.1 Å². The van der Waals surface area contributed by atoms with Gasteiger partial charge >= 0.3 is 0 Å². The van der Waals surface area contributed by atoms with Crippen molar-refractivity contribution in [2.45, 2.75) is 107 Å². The highest BCUT2D eigenvalue weighted by atomic mass is 32.1. The molecule has 5 rings (SSSR count). The van der Waals surface area contributed by atoms with E-state index in [9.17, 15) is 58.7 Å². The molecule has 0 saturated heterocycles. The van der Waals surface area contributed by atoms with E-state index in [1.165, 1.54) is 60.7 Å².